The van der Waals surface area contributed by atoms with Crippen molar-refractivity contribution in [2.24, 2.45) is 0 Å². The van der Waals surface area contributed by atoms with Gasteiger partial charge in [0.1, 0.15) is 12.2 Å². The highest BCUT2D eigenvalue weighted by Gasteiger charge is 2.48. The summed E-state index contributed by atoms with van der Waals surface area (Å²) >= 11 is 0. The Morgan fingerprint density at radius 3 is 2.17 bits per heavy atom. The Morgan fingerprint density at radius 2 is 1.83 bits per heavy atom. The topological polar surface area (TPSA) is 127 Å². The van der Waals surface area contributed by atoms with Crippen LogP contribution in [0.25, 0.3) is 5.53 Å². The van der Waals surface area contributed by atoms with Gasteiger partial charge in [-0.05, 0) is 0 Å². The van der Waals surface area contributed by atoms with E-state index in [1.165, 1.54) is 0 Å². The normalized spacial score (nSPS) is 40.9. The van der Waals surface area contributed by atoms with Crippen LogP contribution in [-0.4, -0.2) is 55.7 Å². The molecular formula is C5H8N2O5. The van der Waals surface area contributed by atoms with Crippen molar-refractivity contribution in [3.8, 4) is 0 Å². The molecule has 68 valence electrons. The molecule has 0 aliphatic carbocycles. The zero-order chi connectivity index (χ0) is 9.30. The average Bonchev–Trinajstić information content (AvgIpc) is 2.32. The number of hydrogen-bond donors (Lipinski definition) is 4. The van der Waals surface area contributed by atoms with Crippen LogP contribution in [0.3, 0.4) is 0 Å². The number of hydrogen-bond acceptors (Lipinski definition) is 4. The Kier molecular flexibility index (Phi) is 2.41. The molecule has 0 aromatic heterocycles. The molecule has 1 heterocycles. The summed E-state index contributed by atoms with van der Waals surface area (Å²) in [4.78, 5) is 2.35. The number of aliphatic hydroxyl groups is 4. The second kappa shape index (κ2) is 3.18. The number of nitrogens with zero attached hydrogens (tertiary/aromatic N) is 2. The summed E-state index contributed by atoms with van der Waals surface area (Å²) in [7, 11) is 0. The van der Waals surface area contributed by atoms with Crippen LogP contribution in [-0.2, 0) is 4.74 Å². The monoisotopic (exact) mass is 176 g/mol. The van der Waals surface area contributed by atoms with Gasteiger partial charge in [0, 0.05) is 0 Å². The molecule has 1 aliphatic heterocycles. The van der Waals surface area contributed by atoms with Gasteiger partial charge in [0.15, 0.2) is 6.29 Å². The number of aliphatic hydroxyl groups excluding tert-OH is 4. The van der Waals surface area contributed by atoms with Crippen LogP contribution in [0, 0.1) is 0 Å². The average molecular weight is 176 g/mol. The van der Waals surface area contributed by atoms with Crippen LogP contribution >= 0.6 is 0 Å². The van der Waals surface area contributed by atoms with Crippen LogP contribution < -0.4 is 0 Å². The zero-order valence-corrected chi connectivity index (χ0v) is 5.90. The molecule has 1 saturated heterocycles. The largest absolute Gasteiger partial charge is 0.479 e. The van der Waals surface area contributed by atoms with E-state index in [4.69, 9.17) is 26.0 Å². The lowest BCUT2D eigenvalue weighted by Gasteiger charge is -2.06. The van der Waals surface area contributed by atoms with E-state index in [2.05, 4.69) is 9.53 Å². The molecular weight excluding hydrogens is 168 g/mol. The first-order valence-corrected chi connectivity index (χ1v) is 3.18. The number of rotatable bonds is 1. The third-order valence-electron chi connectivity index (χ3n) is 1.60. The van der Waals surface area contributed by atoms with E-state index in [0.29, 0.717) is 0 Å². The van der Waals surface area contributed by atoms with E-state index in [-0.39, 0.29) is 0 Å². The minimum absolute atomic E-state index is 0.891. The summed E-state index contributed by atoms with van der Waals surface area (Å²) < 4.78 is 4.45. The summed E-state index contributed by atoms with van der Waals surface area (Å²) in [6, 6.07) is 0. The molecule has 4 N–H and O–H groups in total. The Morgan fingerprint density at radius 1 is 1.25 bits per heavy atom. The Balaban J connectivity index is 2.77. The van der Waals surface area contributed by atoms with Crippen molar-refractivity contribution in [2.75, 3.05) is 0 Å². The molecule has 7 nitrogen and oxygen atoms in total. The quantitative estimate of drug-likeness (QED) is 0.153. The van der Waals surface area contributed by atoms with Gasteiger partial charge in [-0.2, -0.15) is 0 Å². The standard InChI is InChI=1S/C5H8N2O5/c6-7-4(10)3-1(8)2(9)5(11)12-3/h1-3,5,8-11H/t1-,2+,3-,5?/m0/s1. The first kappa shape index (κ1) is 9.11. The third kappa shape index (κ3) is 1.31. The third-order valence-corrected chi connectivity index (χ3v) is 1.60. The Hall–Kier alpha value is -0.980. The van der Waals surface area contributed by atoms with E-state index in [1.807, 2.05) is 0 Å². The van der Waals surface area contributed by atoms with E-state index >= 15 is 0 Å². The molecule has 12 heavy (non-hydrogen) atoms. The van der Waals surface area contributed by atoms with Crippen LogP contribution in [0.4, 0.5) is 0 Å². The zero-order valence-electron chi connectivity index (χ0n) is 5.90. The molecule has 0 radical (unpaired) electrons. The fraction of sp³-hybridized carbons (Fsp3) is 0.800. The lowest BCUT2D eigenvalue weighted by Crippen LogP contribution is -2.36. The van der Waals surface area contributed by atoms with Gasteiger partial charge in [-0.25, -0.2) is 0 Å². The van der Waals surface area contributed by atoms with Crippen molar-refractivity contribution in [3.05, 3.63) is 5.53 Å². The van der Waals surface area contributed by atoms with Gasteiger partial charge in [0.05, 0.1) is 0 Å². The maximum absolute atomic E-state index is 9.04. The maximum atomic E-state index is 9.04. The molecule has 0 aromatic carbocycles. The molecule has 4 atom stereocenters. The lowest BCUT2D eigenvalue weighted by molar-refractivity contribution is -0.129. The first-order valence-electron chi connectivity index (χ1n) is 3.18. The van der Waals surface area contributed by atoms with E-state index in [1.54, 1.807) is 0 Å². The molecule has 1 rings (SSSR count). The Labute approximate surface area is 67.1 Å². The minimum atomic E-state index is -1.59. The molecule has 1 aliphatic rings. The highest BCUT2D eigenvalue weighted by Crippen LogP contribution is 2.19. The van der Waals surface area contributed by atoms with Gasteiger partial charge in [-0.3, -0.25) is 0 Å². The molecule has 0 spiro atoms. The van der Waals surface area contributed by atoms with Gasteiger partial charge in [0.25, 0.3) is 0 Å². The van der Waals surface area contributed by atoms with Crippen LogP contribution in [0.5, 0.6) is 0 Å². The van der Waals surface area contributed by atoms with Crippen LogP contribution in [0.2, 0.25) is 0 Å². The molecule has 0 saturated carbocycles. The van der Waals surface area contributed by atoms with Crippen molar-refractivity contribution in [3.63, 3.8) is 0 Å². The summed E-state index contributed by atoms with van der Waals surface area (Å²) in [6.45, 7) is 0. The van der Waals surface area contributed by atoms with Gasteiger partial charge in [0.2, 0.25) is 6.10 Å². The maximum Gasteiger partial charge on any atom is 0.479 e. The fourth-order valence-corrected chi connectivity index (χ4v) is 0.929. The molecule has 0 amide bonds. The van der Waals surface area contributed by atoms with Crippen molar-refractivity contribution >= 4 is 5.90 Å². The van der Waals surface area contributed by atoms with E-state index in [9.17, 15) is 0 Å². The summed E-state index contributed by atoms with van der Waals surface area (Å²) in [6.07, 6.45) is -6.00. The second-order valence-electron chi connectivity index (χ2n) is 2.39. The summed E-state index contributed by atoms with van der Waals surface area (Å²) in [5, 5.41) is 35.5. The predicted molar refractivity (Wildman–Crippen MR) is 34.1 cm³/mol. The van der Waals surface area contributed by atoms with Crippen LogP contribution in [0.15, 0.2) is 0 Å². The van der Waals surface area contributed by atoms with Crippen molar-refractivity contribution in [1.82, 2.24) is 0 Å². The van der Waals surface area contributed by atoms with E-state index in [0.717, 1.165) is 0 Å². The predicted octanol–water partition coefficient (Wildman–Crippen LogP) is -2.39. The highest BCUT2D eigenvalue weighted by molar-refractivity contribution is 5.74. The molecule has 0 bridgehead atoms. The van der Waals surface area contributed by atoms with Crippen LogP contribution in [0.1, 0.15) is 0 Å². The Bertz CT molecular complexity index is 226. The summed E-state index contributed by atoms with van der Waals surface area (Å²) in [5.74, 6) is -0.891. The lowest BCUT2D eigenvalue weighted by atomic mass is 10.1. The smallest absolute Gasteiger partial charge is 0.449 e. The molecule has 0 aromatic rings. The van der Waals surface area contributed by atoms with Crippen molar-refractivity contribution < 1.29 is 30.0 Å². The first-order chi connectivity index (χ1) is 5.57. The molecule has 1 unspecified atom stereocenters. The van der Waals surface area contributed by atoms with Crippen molar-refractivity contribution in [1.29, 1.82) is 0 Å². The van der Waals surface area contributed by atoms with Gasteiger partial charge in [-0.15, -0.1) is 4.79 Å². The van der Waals surface area contributed by atoms with Gasteiger partial charge in [-0.1, -0.05) is 0 Å². The molecule has 1 fully saturated rings. The summed E-state index contributed by atoms with van der Waals surface area (Å²) in [5.41, 5.74) is 8.07. The molecule has 7 heteroatoms. The second-order valence-corrected chi connectivity index (χ2v) is 2.39. The van der Waals surface area contributed by atoms with Gasteiger partial charge >= 0.3 is 5.90 Å². The van der Waals surface area contributed by atoms with E-state index < -0.39 is 30.5 Å². The van der Waals surface area contributed by atoms with Gasteiger partial charge < -0.3 is 30.7 Å². The van der Waals surface area contributed by atoms with Crippen molar-refractivity contribution in [2.45, 2.75) is 24.6 Å². The SMILES string of the molecule is [N-]=[N+]=C(O)[C@H]1OC(O)[C@H](O)[C@@H]1O. The minimum Gasteiger partial charge on any atom is -0.449 e. The highest BCUT2D eigenvalue weighted by atomic mass is 16.6. The fourth-order valence-electron chi connectivity index (χ4n) is 0.929. The number of ether oxygens (including phenoxy) is 1.